The lowest BCUT2D eigenvalue weighted by atomic mass is 10.2. The molecule has 0 radical (unpaired) electrons. The van der Waals surface area contributed by atoms with E-state index in [0.29, 0.717) is 16.5 Å². The Morgan fingerprint density at radius 1 is 1.20 bits per heavy atom. The minimum absolute atomic E-state index is 0.114. The predicted octanol–water partition coefficient (Wildman–Crippen LogP) is 5.46. The maximum atomic E-state index is 14.4. The van der Waals surface area contributed by atoms with Gasteiger partial charge in [0.2, 0.25) is 5.95 Å². The molecule has 1 aromatic carbocycles. The molecule has 0 aliphatic heterocycles. The third kappa shape index (κ3) is 5.15. The number of benzene rings is 1. The van der Waals surface area contributed by atoms with Crippen molar-refractivity contribution in [2.75, 3.05) is 11.4 Å². The zero-order chi connectivity index (χ0) is 21.9. The fourth-order valence-electron chi connectivity index (χ4n) is 2.62. The summed E-state index contributed by atoms with van der Waals surface area (Å²) in [6.45, 7) is 7.40. The molecule has 30 heavy (non-hydrogen) atoms. The van der Waals surface area contributed by atoms with Gasteiger partial charge in [-0.2, -0.15) is 4.39 Å². The van der Waals surface area contributed by atoms with Gasteiger partial charge in [-0.1, -0.05) is 17.8 Å². The number of halogens is 2. The molecule has 0 bridgehead atoms. The maximum absolute atomic E-state index is 14.4. The summed E-state index contributed by atoms with van der Waals surface area (Å²) in [5, 5.41) is 4.92. The van der Waals surface area contributed by atoms with Crippen LogP contribution in [0.2, 0.25) is 0 Å². The average Bonchev–Trinajstić information content (AvgIpc) is 3.04. The largest absolute Gasteiger partial charge is 0.443 e. The zero-order valence-corrected chi connectivity index (χ0v) is 17.9. The lowest BCUT2D eigenvalue weighted by Gasteiger charge is -2.25. The second-order valence-electron chi connectivity index (χ2n) is 7.35. The van der Waals surface area contributed by atoms with Gasteiger partial charge in [-0.15, -0.1) is 5.10 Å². The number of nitrogens with zero attached hydrogens (tertiary/aromatic N) is 4. The molecule has 0 fully saturated rings. The van der Waals surface area contributed by atoms with Crippen LogP contribution in [-0.2, 0) is 4.74 Å². The first-order chi connectivity index (χ1) is 14.2. The molecule has 0 spiro atoms. The molecule has 6 nitrogen and oxygen atoms in total. The summed E-state index contributed by atoms with van der Waals surface area (Å²) in [6.07, 6.45) is 0.769. The standard InChI is InChI=1S/C21H22F2N4O2S/c1-5-26(20(28)29-21(2,3)4)17-13-18(30-15-9-6-8-14(22)12-15)27(25-17)16-10-7-11-24-19(16)23/h6-13H,5H2,1-4H3. The second-order valence-corrected chi connectivity index (χ2v) is 8.44. The van der Waals surface area contributed by atoms with Gasteiger partial charge in [0.05, 0.1) is 0 Å². The van der Waals surface area contributed by atoms with Gasteiger partial charge in [-0.3, -0.25) is 4.90 Å². The van der Waals surface area contributed by atoms with Crippen LogP contribution in [0.4, 0.5) is 19.4 Å². The normalized spacial score (nSPS) is 11.4. The number of amides is 1. The minimum atomic E-state index is -0.714. The Morgan fingerprint density at radius 3 is 2.60 bits per heavy atom. The van der Waals surface area contributed by atoms with Crippen molar-refractivity contribution in [3.8, 4) is 5.69 Å². The highest BCUT2D eigenvalue weighted by molar-refractivity contribution is 7.99. The Labute approximate surface area is 177 Å². The molecule has 3 rings (SSSR count). The summed E-state index contributed by atoms with van der Waals surface area (Å²) in [7, 11) is 0. The third-order valence-electron chi connectivity index (χ3n) is 3.86. The van der Waals surface area contributed by atoms with E-state index in [1.54, 1.807) is 52.0 Å². The molecular formula is C21H22F2N4O2S. The van der Waals surface area contributed by atoms with Crippen LogP contribution in [0.15, 0.2) is 58.6 Å². The van der Waals surface area contributed by atoms with Gasteiger partial charge in [-0.05, 0) is 58.0 Å². The molecule has 0 N–H and O–H groups in total. The van der Waals surface area contributed by atoms with E-state index < -0.39 is 17.6 Å². The average molecular weight is 432 g/mol. The molecule has 0 atom stereocenters. The summed E-state index contributed by atoms with van der Waals surface area (Å²) >= 11 is 1.19. The number of hydrogen-bond acceptors (Lipinski definition) is 5. The van der Waals surface area contributed by atoms with Crippen molar-refractivity contribution in [2.24, 2.45) is 0 Å². The molecule has 2 heterocycles. The summed E-state index contributed by atoms with van der Waals surface area (Å²) in [6, 6.07) is 10.8. The van der Waals surface area contributed by atoms with E-state index in [2.05, 4.69) is 10.1 Å². The van der Waals surface area contributed by atoms with E-state index in [1.807, 2.05) is 0 Å². The van der Waals surface area contributed by atoms with E-state index in [9.17, 15) is 13.6 Å². The number of hydrogen-bond donors (Lipinski definition) is 0. The Kier molecular flexibility index (Phi) is 6.40. The minimum Gasteiger partial charge on any atom is -0.443 e. The number of rotatable bonds is 5. The molecule has 0 aliphatic carbocycles. The fourth-order valence-corrected chi connectivity index (χ4v) is 3.57. The fraction of sp³-hybridized carbons (Fsp3) is 0.286. The van der Waals surface area contributed by atoms with Crippen molar-refractivity contribution in [1.29, 1.82) is 0 Å². The van der Waals surface area contributed by atoms with E-state index >= 15 is 0 Å². The summed E-state index contributed by atoms with van der Waals surface area (Å²) in [4.78, 5) is 18.3. The highest BCUT2D eigenvalue weighted by Crippen LogP contribution is 2.33. The van der Waals surface area contributed by atoms with Crippen LogP contribution in [0, 0.1) is 11.8 Å². The van der Waals surface area contributed by atoms with Gasteiger partial charge in [0.25, 0.3) is 0 Å². The summed E-state index contributed by atoms with van der Waals surface area (Å²) < 4.78 is 34.8. The smallest absolute Gasteiger partial charge is 0.416 e. The Morgan fingerprint density at radius 2 is 1.97 bits per heavy atom. The van der Waals surface area contributed by atoms with Crippen molar-refractivity contribution in [1.82, 2.24) is 14.8 Å². The van der Waals surface area contributed by atoms with Gasteiger partial charge in [0, 0.05) is 23.7 Å². The molecule has 158 valence electrons. The Hall–Kier alpha value is -2.94. The van der Waals surface area contributed by atoms with Crippen molar-refractivity contribution >= 4 is 23.7 Å². The molecule has 0 unspecified atom stereocenters. The molecule has 2 aromatic heterocycles. The Bertz CT molecular complexity index is 1050. The van der Waals surface area contributed by atoms with Crippen molar-refractivity contribution < 1.29 is 18.3 Å². The topological polar surface area (TPSA) is 60.2 Å². The molecular weight excluding hydrogens is 410 g/mol. The van der Waals surface area contributed by atoms with Crippen molar-refractivity contribution in [2.45, 2.75) is 43.2 Å². The molecule has 0 aliphatic rings. The first-order valence-electron chi connectivity index (χ1n) is 9.33. The van der Waals surface area contributed by atoms with Gasteiger partial charge in [-0.25, -0.2) is 18.9 Å². The van der Waals surface area contributed by atoms with Crippen LogP contribution in [0.5, 0.6) is 0 Å². The quantitative estimate of drug-likeness (QED) is 0.501. The van der Waals surface area contributed by atoms with Gasteiger partial charge < -0.3 is 4.74 Å². The van der Waals surface area contributed by atoms with E-state index in [4.69, 9.17) is 4.74 Å². The van der Waals surface area contributed by atoms with Gasteiger partial charge in [0.1, 0.15) is 22.1 Å². The van der Waals surface area contributed by atoms with Crippen LogP contribution in [0.3, 0.4) is 0 Å². The monoisotopic (exact) mass is 432 g/mol. The van der Waals surface area contributed by atoms with Crippen LogP contribution >= 0.6 is 11.8 Å². The number of carbonyl (C=O) groups excluding carboxylic acids is 1. The SMILES string of the molecule is CCN(C(=O)OC(C)(C)C)c1cc(Sc2cccc(F)c2)n(-c2cccnc2F)n1. The second kappa shape index (κ2) is 8.83. The van der Waals surface area contributed by atoms with E-state index in [-0.39, 0.29) is 17.3 Å². The van der Waals surface area contributed by atoms with Crippen LogP contribution in [0.1, 0.15) is 27.7 Å². The number of aromatic nitrogens is 3. The number of carbonyl (C=O) groups is 1. The van der Waals surface area contributed by atoms with E-state index in [0.717, 1.165) is 0 Å². The maximum Gasteiger partial charge on any atom is 0.416 e. The summed E-state index contributed by atoms with van der Waals surface area (Å²) in [5.74, 6) is -0.815. The molecule has 0 saturated heterocycles. The van der Waals surface area contributed by atoms with Crippen LogP contribution in [-0.4, -0.2) is 33.0 Å². The highest BCUT2D eigenvalue weighted by atomic mass is 32.2. The highest BCUT2D eigenvalue weighted by Gasteiger charge is 2.26. The van der Waals surface area contributed by atoms with E-state index in [1.165, 1.54) is 45.7 Å². The van der Waals surface area contributed by atoms with Gasteiger partial charge >= 0.3 is 6.09 Å². The van der Waals surface area contributed by atoms with Crippen LogP contribution < -0.4 is 4.90 Å². The number of pyridine rings is 1. The van der Waals surface area contributed by atoms with Crippen molar-refractivity contribution in [3.05, 3.63) is 60.4 Å². The number of anilines is 1. The summed E-state index contributed by atoms with van der Waals surface area (Å²) in [5.41, 5.74) is -0.565. The van der Waals surface area contributed by atoms with Gasteiger partial charge in [0.15, 0.2) is 5.82 Å². The lowest BCUT2D eigenvalue weighted by molar-refractivity contribution is 0.0581. The first kappa shape index (κ1) is 21.8. The first-order valence-corrected chi connectivity index (χ1v) is 10.1. The van der Waals surface area contributed by atoms with Crippen LogP contribution in [0.25, 0.3) is 5.69 Å². The predicted molar refractivity (Wildman–Crippen MR) is 111 cm³/mol. The molecule has 0 saturated carbocycles. The molecule has 3 aromatic rings. The third-order valence-corrected chi connectivity index (χ3v) is 4.85. The van der Waals surface area contributed by atoms with Crippen molar-refractivity contribution in [3.63, 3.8) is 0 Å². The molecule has 9 heteroatoms. The molecule has 1 amide bonds. The lowest BCUT2D eigenvalue weighted by Crippen LogP contribution is -2.37. The number of ether oxygens (including phenoxy) is 1. The zero-order valence-electron chi connectivity index (χ0n) is 17.1. The Balaban J connectivity index is 2.05.